The second-order valence-corrected chi connectivity index (χ2v) is 7.80. The Morgan fingerprint density at radius 3 is 2.88 bits per heavy atom. The summed E-state index contributed by atoms with van der Waals surface area (Å²) in [6.07, 6.45) is 4.66. The first-order valence-electron chi connectivity index (χ1n) is 8.79. The van der Waals surface area contributed by atoms with Gasteiger partial charge in [0.1, 0.15) is 16.0 Å². The molecular formula is C17H23N3O5S. The van der Waals surface area contributed by atoms with Crippen molar-refractivity contribution in [2.45, 2.75) is 31.8 Å². The molecule has 2 atom stereocenters. The van der Waals surface area contributed by atoms with E-state index in [0.717, 1.165) is 24.5 Å². The van der Waals surface area contributed by atoms with Gasteiger partial charge in [-0.05, 0) is 25.7 Å². The zero-order valence-electron chi connectivity index (χ0n) is 14.7. The molecule has 0 radical (unpaired) electrons. The second-order valence-electron chi connectivity index (χ2n) is 6.74. The summed E-state index contributed by atoms with van der Waals surface area (Å²) < 4.78 is 5.58. The van der Waals surface area contributed by atoms with E-state index >= 15 is 0 Å². The van der Waals surface area contributed by atoms with Gasteiger partial charge in [-0.3, -0.25) is 14.4 Å². The van der Waals surface area contributed by atoms with E-state index in [9.17, 15) is 14.4 Å². The first kappa shape index (κ1) is 18.8. The molecule has 1 aromatic rings. The predicted octanol–water partition coefficient (Wildman–Crippen LogP) is 1.39. The van der Waals surface area contributed by atoms with Gasteiger partial charge in [-0.25, -0.2) is 4.98 Å². The van der Waals surface area contributed by atoms with Crippen LogP contribution in [0.3, 0.4) is 0 Å². The number of ether oxygens (including phenoxy) is 1. The molecule has 2 saturated heterocycles. The lowest BCUT2D eigenvalue weighted by molar-refractivity contribution is -0.145. The van der Waals surface area contributed by atoms with Gasteiger partial charge in [0.25, 0.3) is 5.91 Å². The highest BCUT2D eigenvalue weighted by Crippen LogP contribution is 2.31. The molecule has 2 aliphatic rings. The standard InChI is InChI=1S/C17H23N3O5S/c1-19(10-14(21)20-6-2-4-11(9-20)17(23)24)16(22)13-8-18-15(26-13)12-5-3-7-25-12/h8,11-12H,2-7,9-10H2,1H3,(H,23,24). The number of carboxylic acid groups (broad SMARTS) is 1. The number of carboxylic acids is 1. The van der Waals surface area contributed by atoms with E-state index in [0.29, 0.717) is 24.3 Å². The van der Waals surface area contributed by atoms with Crippen molar-refractivity contribution >= 4 is 29.1 Å². The molecule has 0 spiro atoms. The minimum atomic E-state index is -0.877. The number of aromatic nitrogens is 1. The van der Waals surface area contributed by atoms with Gasteiger partial charge < -0.3 is 19.6 Å². The number of nitrogens with zero attached hydrogens (tertiary/aromatic N) is 3. The lowest BCUT2D eigenvalue weighted by Gasteiger charge is -2.31. The van der Waals surface area contributed by atoms with Crippen molar-refractivity contribution in [3.8, 4) is 0 Å². The number of likely N-dealkylation sites (N-methyl/N-ethyl adjacent to an activating group) is 1. The topological polar surface area (TPSA) is 100 Å². The summed E-state index contributed by atoms with van der Waals surface area (Å²) in [5.74, 6) is -1.88. The number of thiazole rings is 1. The number of hydrogen-bond acceptors (Lipinski definition) is 6. The van der Waals surface area contributed by atoms with Crippen molar-refractivity contribution in [2.75, 3.05) is 33.3 Å². The van der Waals surface area contributed by atoms with Crippen LogP contribution in [0.2, 0.25) is 0 Å². The van der Waals surface area contributed by atoms with Gasteiger partial charge in [-0.1, -0.05) is 0 Å². The molecule has 3 heterocycles. The van der Waals surface area contributed by atoms with E-state index in [2.05, 4.69) is 4.98 Å². The lowest BCUT2D eigenvalue weighted by Crippen LogP contribution is -2.46. The van der Waals surface area contributed by atoms with Crippen LogP contribution < -0.4 is 0 Å². The van der Waals surface area contributed by atoms with Crippen LogP contribution in [0.4, 0.5) is 0 Å². The van der Waals surface area contributed by atoms with Crippen LogP contribution in [0.25, 0.3) is 0 Å². The first-order chi connectivity index (χ1) is 12.5. The Hall–Kier alpha value is -2.00. The summed E-state index contributed by atoms with van der Waals surface area (Å²) in [6, 6.07) is 0. The molecule has 2 unspecified atom stereocenters. The predicted molar refractivity (Wildman–Crippen MR) is 93.9 cm³/mol. The van der Waals surface area contributed by atoms with Crippen LogP contribution in [0.15, 0.2) is 6.20 Å². The largest absolute Gasteiger partial charge is 0.481 e. The van der Waals surface area contributed by atoms with Crippen molar-refractivity contribution in [1.82, 2.24) is 14.8 Å². The van der Waals surface area contributed by atoms with E-state index in [1.165, 1.54) is 27.3 Å². The van der Waals surface area contributed by atoms with Gasteiger partial charge in [0.05, 0.1) is 18.7 Å². The molecule has 0 bridgehead atoms. The highest BCUT2D eigenvalue weighted by molar-refractivity contribution is 7.13. The Labute approximate surface area is 155 Å². The number of piperidine rings is 1. The Morgan fingerprint density at radius 1 is 1.38 bits per heavy atom. The SMILES string of the molecule is CN(CC(=O)N1CCCC(C(=O)O)C1)C(=O)c1cnc(C2CCCO2)s1. The quantitative estimate of drug-likeness (QED) is 0.827. The minimum Gasteiger partial charge on any atom is -0.481 e. The average molecular weight is 381 g/mol. The summed E-state index contributed by atoms with van der Waals surface area (Å²) in [6.45, 7) is 1.39. The molecule has 2 amide bonds. The molecule has 0 aliphatic carbocycles. The molecule has 9 heteroatoms. The summed E-state index contributed by atoms with van der Waals surface area (Å²) in [5.41, 5.74) is 0. The Kier molecular flexibility index (Phi) is 5.87. The Balaban J connectivity index is 1.56. The molecular weight excluding hydrogens is 358 g/mol. The zero-order valence-corrected chi connectivity index (χ0v) is 15.5. The molecule has 8 nitrogen and oxygen atoms in total. The Morgan fingerprint density at radius 2 is 2.19 bits per heavy atom. The number of likely N-dealkylation sites (tertiary alicyclic amines) is 1. The van der Waals surface area contributed by atoms with Gasteiger partial charge in [-0.2, -0.15) is 0 Å². The fourth-order valence-electron chi connectivity index (χ4n) is 3.28. The molecule has 0 aromatic carbocycles. The highest BCUT2D eigenvalue weighted by atomic mass is 32.1. The summed E-state index contributed by atoms with van der Waals surface area (Å²) >= 11 is 1.30. The fourth-order valence-corrected chi connectivity index (χ4v) is 4.27. The molecule has 26 heavy (non-hydrogen) atoms. The van der Waals surface area contributed by atoms with Gasteiger partial charge in [-0.15, -0.1) is 11.3 Å². The molecule has 1 aromatic heterocycles. The number of aliphatic carboxylic acids is 1. The van der Waals surface area contributed by atoms with Crippen molar-refractivity contribution in [3.63, 3.8) is 0 Å². The Bertz CT molecular complexity index is 686. The molecule has 2 aliphatic heterocycles. The molecule has 2 fully saturated rings. The van der Waals surface area contributed by atoms with E-state index < -0.39 is 11.9 Å². The van der Waals surface area contributed by atoms with Gasteiger partial charge in [0.2, 0.25) is 5.91 Å². The summed E-state index contributed by atoms with van der Waals surface area (Å²) in [4.78, 5) is 43.8. The maximum absolute atomic E-state index is 12.6. The van der Waals surface area contributed by atoms with Crippen LogP contribution in [-0.2, 0) is 14.3 Å². The zero-order chi connectivity index (χ0) is 18.7. The van der Waals surface area contributed by atoms with Crippen molar-refractivity contribution in [1.29, 1.82) is 0 Å². The minimum absolute atomic E-state index is 0.0326. The fraction of sp³-hybridized carbons (Fsp3) is 0.647. The van der Waals surface area contributed by atoms with E-state index in [-0.39, 0.29) is 31.0 Å². The van der Waals surface area contributed by atoms with Gasteiger partial charge in [0, 0.05) is 26.7 Å². The number of hydrogen-bond donors (Lipinski definition) is 1. The smallest absolute Gasteiger partial charge is 0.308 e. The number of rotatable bonds is 5. The third-order valence-corrected chi connectivity index (χ3v) is 5.86. The van der Waals surface area contributed by atoms with Crippen molar-refractivity contribution in [3.05, 3.63) is 16.1 Å². The molecule has 0 saturated carbocycles. The van der Waals surface area contributed by atoms with Gasteiger partial charge >= 0.3 is 5.97 Å². The van der Waals surface area contributed by atoms with Crippen LogP contribution >= 0.6 is 11.3 Å². The molecule has 142 valence electrons. The van der Waals surface area contributed by atoms with Crippen LogP contribution in [0.1, 0.15) is 46.5 Å². The highest BCUT2D eigenvalue weighted by Gasteiger charge is 2.29. The van der Waals surface area contributed by atoms with Gasteiger partial charge in [0.15, 0.2) is 0 Å². The lowest BCUT2D eigenvalue weighted by atomic mass is 9.98. The number of carbonyl (C=O) groups is 3. The second kappa shape index (κ2) is 8.13. The summed E-state index contributed by atoms with van der Waals surface area (Å²) in [7, 11) is 1.57. The molecule has 1 N–H and O–H groups in total. The van der Waals surface area contributed by atoms with Crippen molar-refractivity contribution in [2.24, 2.45) is 5.92 Å². The first-order valence-corrected chi connectivity index (χ1v) is 9.60. The number of amides is 2. The average Bonchev–Trinajstić information content (AvgIpc) is 3.32. The maximum Gasteiger partial charge on any atom is 0.308 e. The van der Waals surface area contributed by atoms with E-state index in [1.807, 2.05) is 0 Å². The third kappa shape index (κ3) is 4.21. The van der Waals surface area contributed by atoms with E-state index in [4.69, 9.17) is 9.84 Å². The van der Waals surface area contributed by atoms with Crippen LogP contribution in [0.5, 0.6) is 0 Å². The normalized spacial score (nSPS) is 23.0. The third-order valence-electron chi connectivity index (χ3n) is 4.78. The maximum atomic E-state index is 12.6. The number of carbonyl (C=O) groups excluding carboxylic acids is 2. The monoisotopic (exact) mass is 381 g/mol. The van der Waals surface area contributed by atoms with Crippen molar-refractivity contribution < 1.29 is 24.2 Å². The van der Waals surface area contributed by atoms with Crippen LogP contribution in [0, 0.1) is 5.92 Å². The summed E-state index contributed by atoms with van der Waals surface area (Å²) in [5, 5.41) is 9.93. The van der Waals surface area contributed by atoms with E-state index in [1.54, 1.807) is 7.05 Å². The molecule has 3 rings (SSSR count). The van der Waals surface area contributed by atoms with Crippen LogP contribution in [-0.4, -0.2) is 71.0 Å².